The molecule has 0 aliphatic heterocycles. The molecule has 0 aromatic heterocycles. The van der Waals surface area contributed by atoms with Crippen molar-refractivity contribution in [2.24, 2.45) is 0 Å². The minimum Gasteiger partial charge on any atom is -0.446 e. The van der Waals surface area contributed by atoms with Gasteiger partial charge in [0, 0.05) is 30.5 Å². The number of carbonyl (C=O) groups is 1. The predicted molar refractivity (Wildman–Crippen MR) is 126 cm³/mol. The van der Waals surface area contributed by atoms with Crippen LogP contribution in [0.1, 0.15) is 59.7 Å². The molecule has 5 heteroatoms. The van der Waals surface area contributed by atoms with E-state index >= 15 is 0 Å². The van der Waals surface area contributed by atoms with Gasteiger partial charge in [0.05, 0.1) is 10.5 Å². The Morgan fingerprint density at radius 3 is 2.38 bits per heavy atom. The molecule has 0 fully saturated rings. The van der Waals surface area contributed by atoms with E-state index in [0.717, 1.165) is 17.6 Å². The molecule has 0 spiro atoms. The number of benzene rings is 2. The van der Waals surface area contributed by atoms with Gasteiger partial charge in [-0.05, 0) is 69.0 Å². The van der Waals surface area contributed by atoms with Gasteiger partial charge in [0.25, 0.3) is 5.69 Å². The van der Waals surface area contributed by atoms with Crippen LogP contribution in [-0.4, -0.2) is 17.0 Å². The topological polar surface area (TPSA) is 69.4 Å². The van der Waals surface area contributed by atoms with Crippen LogP contribution < -0.4 is 0 Å². The van der Waals surface area contributed by atoms with Crippen molar-refractivity contribution in [3.63, 3.8) is 0 Å². The highest BCUT2D eigenvalue weighted by Gasteiger charge is 2.15. The highest BCUT2D eigenvalue weighted by atomic mass is 16.6. The molecule has 1 atom stereocenters. The molecule has 2 aromatic rings. The second kappa shape index (κ2) is 12.1. The fourth-order valence-corrected chi connectivity index (χ4v) is 2.98. The van der Waals surface area contributed by atoms with Crippen molar-refractivity contribution in [2.75, 3.05) is 0 Å². The third-order valence-electron chi connectivity index (χ3n) is 4.44. The standard InChI is InChI=1S/C27H27NO4/c1-20(2)9-8-12-26(32-27(29)24-13-15-25(16-14-24)28(30)31)11-7-5-6-10-23-18-21(3)17-22(4)19-23/h13-19,26H,1,5,7,9,11H2,2-4H3. The summed E-state index contributed by atoms with van der Waals surface area (Å²) in [6, 6.07) is 11.5. The molecule has 0 bridgehead atoms. The van der Waals surface area contributed by atoms with E-state index in [1.165, 1.54) is 35.4 Å². The fraction of sp³-hybridized carbons (Fsp3) is 0.296. The Bertz CT molecular complexity index is 1090. The molecule has 5 nitrogen and oxygen atoms in total. The smallest absolute Gasteiger partial charge is 0.339 e. The van der Waals surface area contributed by atoms with Gasteiger partial charge in [-0.2, -0.15) is 0 Å². The van der Waals surface area contributed by atoms with E-state index in [-0.39, 0.29) is 11.3 Å². The molecule has 0 amide bonds. The molecule has 164 valence electrons. The summed E-state index contributed by atoms with van der Waals surface area (Å²) in [6.07, 6.45) is 1.86. The van der Waals surface area contributed by atoms with Crippen LogP contribution in [0.25, 0.3) is 0 Å². The molecule has 1 unspecified atom stereocenters. The number of allylic oxidation sites excluding steroid dienone is 1. The number of rotatable bonds is 7. The third kappa shape index (κ3) is 8.50. The second-order valence-corrected chi connectivity index (χ2v) is 7.72. The second-order valence-electron chi connectivity index (χ2n) is 7.72. The number of carbonyl (C=O) groups excluding carboxylic acids is 1. The van der Waals surface area contributed by atoms with Crippen LogP contribution in [0.3, 0.4) is 0 Å². The first-order chi connectivity index (χ1) is 15.2. The summed E-state index contributed by atoms with van der Waals surface area (Å²) in [5.41, 5.74) is 4.45. The first-order valence-corrected chi connectivity index (χ1v) is 10.4. The number of nitrogens with zero attached hydrogens (tertiary/aromatic N) is 1. The van der Waals surface area contributed by atoms with Crippen LogP contribution in [0.2, 0.25) is 0 Å². The fourth-order valence-electron chi connectivity index (χ4n) is 2.98. The van der Waals surface area contributed by atoms with Crippen molar-refractivity contribution in [1.82, 2.24) is 0 Å². The van der Waals surface area contributed by atoms with Crippen LogP contribution in [-0.2, 0) is 4.74 Å². The molecule has 0 aliphatic rings. The summed E-state index contributed by atoms with van der Waals surface area (Å²) in [4.78, 5) is 22.7. The number of non-ortho nitro benzene ring substituents is 1. The molecule has 2 rings (SSSR count). The number of hydrogen-bond acceptors (Lipinski definition) is 4. The maximum Gasteiger partial charge on any atom is 0.339 e. The van der Waals surface area contributed by atoms with Crippen molar-refractivity contribution in [3.8, 4) is 23.7 Å². The minimum atomic E-state index is -0.583. The molecule has 0 N–H and O–H groups in total. The van der Waals surface area contributed by atoms with E-state index in [1.807, 2.05) is 20.8 Å². The number of aryl methyl sites for hydroxylation is 2. The van der Waals surface area contributed by atoms with Gasteiger partial charge in [0.2, 0.25) is 0 Å². The Hall–Kier alpha value is -3.83. The first-order valence-electron chi connectivity index (χ1n) is 10.4. The van der Waals surface area contributed by atoms with Gasteiger partial charge >= 0.3 is 5.97 Å². The van der Waals surface area contributed by atoms with E-state index < -0.39 is 17.0 Å². The number of ether oxygens (including phenoxy) is 1. The Morgan fingerprint density at radius 1 is 1.12 bits per heavy atom. The van der Waals surface area contributed by atoms with Crippen molar-refractivity contribution in [3.05, 3.63) is 87.0 Å². The lowest BCUT2D eigenvalue weighted by atomic mass is 10.1. The van der Waals surface area contributed by atoms with E-state index in [9.17, 15) is 14.9 Å². The first kappa shape index (κ1) is 24.4. The number of nitro groups is 1. The average Bonchev–Trinajstić information content (AvgIpc) is 2.72. The molecule has 2 aromatic carbocycles. The van der Waals surface area contributed by atoms with Crippen LogP contribution in [0.4, 0.5) is 5.69 Å². The lowest BCUT2D eigenvalue weighted by Gasteiger charge is -2.12. The lowest BCUT2D eigenvalue weighted by molar-refractivity contribution is -0.384. The summed E-state index contributed by atoms with van der Waals surface area (Å²) in [5.74, 6) is 11.8. The molecule has 0 saturated heterocycles. The SMILES string of the molecule is C=C(C)CC#CC(CCCC#Cc1cc(C)cc(C)c1)OC(=O)c1ccc([N+](=O)[O-])cc1. The normalized spacial score (nSPS) is 10.7. The van der Waals surface area contributed by atoms with Crippen molar-refractivity contribution < 1.29 is 14.5 Å². The lowest BCUT2D eigenvalue weighted by Crippen LogP contribution is -2.17. The molecule has 0 saturated carbocycles. The number of nitro benzene ring substituents is 1. The average molecular weight is 430 g/mol. The largest absolute Gasteiger partial charge is 0.446 e. The highest BCUT2D eigenvalue weighted by Crippen LogP contribution is 2.15. The summed E-state index contributed by atoms with van der Waals surface area (Å²) >= 11 is 0. The van der Waals surface area contributed by atoms with Gasteiger partial charge in [-0.15, -0.1) is 0 Å². The quantitative estimate of drug-likeness (QED) is 0.137. The Balaban J connectivity index is 1.99. The van der Waals surface area contributed by atoms with Gasteiger partial charge in [-0.25, -0.2) is 4.79 Å². The van der Waals surface area contributed by atoms with E-state index in [1.54, 1.807) is 0 Å². The van der Waals surface area contributed by atoms with Crippen LogP contribution in [0.15, 0.2) is 54.6 Å². The predicted octanol–water partition coefficient (Wildman–Crippen LogP) is 5.93. The number of esters is 1. The van der Waals surface area contributed by atoms with Crippen LogP contribution in [0, 0.1) is 47.6 Å². The molecule has 0 heterocycles. The maximum absolute atomic E-state index is 12.5. The highest BCUT2D eigenvalue weighted by molar-refractivity contribution is 5.89. The minimum absolute atomic E-state index is 0.0817. The Labute approximate surface area is 189 Å². The van der Waals surface area contributed by atoms with Gasteiger partial charge in [-0.3, -0.25) is 10.1 Å². The monoisotopic (exact) mass is 429 g/mol. The summed E-state index contributed by atoms with van der Waals surface area (Å²) < 4.78 is 5.55. The number of hydrogen-bond donors (Lipinski definition) is 0. The zero-order valence-electron chi connectivity index (χ0n) is 18.7. The van der Waals surface area contributed by atoms with Gasteiger partial charge in [0.1, 0.15) is 0 Å². The van der Waals surface area contributed by atoms with E-state index in [2.05, 4.69) is 48.5 Å². The Kier molecular flexibility index (Phi) is 9.26. The zero-order chi connectivity index (χ0) is 23.5. The maximum atomic E-state index is 12.5. The molecule has 0 aliphatic carbocycles. The van der Waals surface area contributed by atoms with E-state index in [4.69, 9.17) is 4.74 Å². The molecule has 32 heavy (non-hydrogen) atoms. The van der Waals surface area contributed by atoms with Crippen LogP contribution >= 0.6 is 0 Å². The molecular weight excluding hydrogens is 402 g/mol. The van der Waals surface area contributed by atoms with Gasteiger partial charge < -0.3 is 4.74 Å². The third-order valence-corrected chi connectivity index (χ3v) is 4.44. The summed E-state index contributed by atoms with van der Waals surface area (Å²) in [6.45, 7) is 9.81. The van der Waals surface area contributed by atoms with E-state index in [0.29, 0.717) is 19.3 Å². The molecule has 0 radical (unpaired) electrons. The van der Waals surface area contributed by atoms with Gasteiger partial charge in [0.15, 0.2) is 6.10 Å². The number of unbranched alkanes of at least 4 members (excludes halogenated alkanes) is 1. The molecular formula is C27H27NO4. The Morgan fingerprint density at radius 2 is 1.78 bits per heavy atom. The summed E-state index contributed by atoms with van der Waals surface area (Å²) in [5, 5.41) is 10.8. The van der Waals surface area contributed by atoms with Crippen LogP contribution in [0.5, 0.6) is 0 Å². The van der Waals surface area contributed by atoms with Crippen molar-refractivity contribution in [2.45, 2.75) is 52.6 Å². The van der Waals surface area contributed by atoms with Gasteiger partial charge in [-0.1, -0.05) is 41.9 Å². The summed E-state index contributed by atoms with van der Waals surface area (Å²) in [7, 11) is 0. The van der Waals surface area contributed by atoms with Crippen molar-refractivity contribution >= 4 is 11.7 Å². The zero-order valence-corrected chi connectivity index (χ0v) is 18.7. The van der Waals surface area contributed by atoms with Crippen molar-refractivity contribution in [1.29, 1.82) is 0 Å².